The van der Waals surface area contributed by atoms with E-state index in [-0.39, 0.29) is 24.9 Å². The van der Waals surface area contributed by atoms with E-state index >= 15 is 0 Å². The summed E-state index contributed by atoms with van der Waals surface area (Å²) >= 11 is 0. The van der Waals surface area contributed by atoms with Gasteiger partial charge in [0.2, 0.25) is 5.91 Å². The van der Waals surface area contributed by atoms with Crippen molar-refractivity contribution in [2.75, 3.05) is 6.61 Å². The van der Waals surface area contributed by atoms with E-state index in [1.165, 1.54) is 154 Å². The van der Waals surface area contributed by atoms with Crippen molar-refractivity contribution < 1.29 is 24.5 Å². The molecule has 1 amide bonds. The second-order valence-corrected chi connectivity index (χ2v) is 18.7. The standard InChI is InChI=1S/C57H105NO5/c1-4-7-10-13-16-19-22-25-27-29-31-33-36-39-42-45-48-53(63-57(62)50-47-44-41-38-35-32-30-28-26-23-20-17-14-11-8-5-2)51-56(61)58-54(52-59)55(60)49-46-43-40-37-34-24-21-18-15-12-9-6-3/h22,25,27-31,33,53-55,59-60H,4-21,23-24,26,32,34-52H2,1-3H3,(H,58,61)/b25-22+,29-27+,30-28+,33-31+. The lowest BCUT2D eigenvalue weighted by Crippen LogP contribution is -2.46. The topological polar surface area (TPSA) is 95.9 Å². The highest BCUT2D eigenvalue weighted by atomic mass is 16.5. The maximum atomic E-state index is 13.2. The molecule has 0 fully saturated rings. The van der Waals surface area contributed by atoms with Crippen molar-refractivity contribution in [1.82, 2.24) is 5.32 Å². The fourth-order valence-corrected chi connectivity index (χ4v) is 8.25. The summed E-state index contributed by atoms with van der Waals surface area (Å²) in [5.41, 5.74) is 0. The highest BCUT2D eigenvalue weighted by molar-refractivity contribution is 5.77. The third-order valence-electron chi connectivity index (χ3n) is 12.4. The quantitative estimate of drug-likeness (QED) is 0.0245. The van der Waals surface area contributed by atoms with Crippen LogP contribution < -0.4 is 5.32 Å². The van der Waals surface area contributed by atoms with Gasteiger partial charge in [-0.3, -0.25) is 9.59 Å². The summed E-state index contributed by atoms with van der Waals surface area (Å²) in [6.45, 7) is 6.46. The number of carbonyl (C=O) groups is 2. The van der Waals surface area contributed by atoms with Crippen molar-refractivity contribution in [1.29, 1.82) is 0 Å². The summed E-state index contributed by atoms with van der Waals surface area (Å²) in [6, 6.07) is -0.714. The molecular formula is C57H105NO5. The van der Waals surface area contributed by atoms with Crippen LogP contribution in [0.5, 0.6) is 0 Å². The van der Waals surface area contributed by atoms with Crippen molar-refractivity contribution in [3.05, 3.63) is 48.6 Å². The molecular weight excluding hydrogens is 779 g/mol. The Morgan fingerprint density at radius 2 is 0.825 bits per heavy atom. The van der Waals surface area contributed by atoms with Crippen LogP contribution in [-0.2, 0) is 14.3 Å². The highest BCUT2D eigenvalue weighted by Crippen LogP contribution is 2.17. The van der Waals surface area contributed by atoms with Gasteiger partial charge in [0.1, 0.15) is 6.10 Å². The Kier molecular flexibility index (Phi) is 49.1. The average Bonchev–Trinajstić information content (AvgIpc) is 3.28. The predicted octanol–water partition coefficient (Wildman–Crippen LogP) is 16.6. The first-order valence-corrected chi connectivity index (χ1v) is 27.4. The molecule has 0 aromatic carbocycles. The largest absolute Gasteiger partial charge is 0.462 e. The van der Waals surface area contributed by atoms with Gasteiger partial charge < -0.3 is 20.3 Å². The zero-order chi connectivity index (χ0) is 45.9. The zero-order valence-corrected chi connectivity index (χ0v) is 42.0. The first-order valence-electron chi connectivity index (χ1n) is 27.4. The molecule has 6 heteroatoms. The van der Waals surface area contributed by atoms with Gasteiger partial charge >= 0.3 is 5.97 Å². The number of aliphatic hydroxyl groups excluding tert-OH is 2. The maximum absolute atomic E-state index is 13.2. The van der Waals surface area contributed by atoms with E-state index in [2.05, 4.69) is 74.7 Å². The van der Waals surface area contributed by atoms with Crippen molar-refractivity contribution in [2.45, 2.75) is 296 Å². The number of carbonyl (C=O) groups excluding carboxylic acids is 2. The number of rotatable bonds is 49. The van der Waals surface area contributed by atoms with Crippen LogP contribution >= 0.6 is 0 Å². The van der Waals surface area contributed by atoms with Gasteiger partial charge in [-0.25, -0.2) is 0 Å². The molecule has 0 aliphatic heterocycles. The molecule has 63 heavy (non-hydrogen) atoms. The van der Waals surface area contributed by atoms with Gasteiger partial charge in [0.25, 0.3) is 0 Å². The minimum Gasteiger partial charge on any atom is -0.462 e. The minimum absolute atomic E-state index is 0.0526. The molecule has 0 saturated carbocycles. The van der Waals surface area contributed by atoms with Crippen molar-refractivity contribution in [3.8, 4) is 0 Å². The van der Waals surface area contributed by atoms with E-state index in [1.807, 2.05) is 0 Å². The Hall–Kier alpha value is -2.18. The molecule has 0 aromatic heterocycles. The number of esters is 1. The number of hydrogen-bond acceptors (Lipinski definition) is 5. The van der Waals surface area contributed by atoms with Crippen LogP contribution in [0.3, 0.4) is 0 Å². The SMILES string of the molecule is CCCCCCC/C=C/C=C/C=C/CCCCCC(CC(=O)NC(CO)C(O)CCCCCCCCCCCCCC)OC(=O)CCCCCCC/C=C/CCCCCCCCC. The molecule has 0 spiro atoms. The first-order chi connectivity index (χ1) is 31.0. The Morgan fingerprint density at radius 3 is 1.27 bits per heavy atom. The van der Waals surface area contributed by atoms with Crippen LogP contribution in [0.2, 0.25) is 0 Å². The second-order valence-electron chi connectivity index (χ2n) is 18.7. The number of ether oxygens (including phenoxy) is 1. The summed E-state index contributed by atoms with van der Waals surface area (Å²) in [5.74, 6) is -0.510. The number of aliphatic hydroxyl groups is 2. The molecule has 0 bridgehead atoms. The number of nitrogens with one attached hydrogen (secondary N) is 1. The van der Waals surface area contributed by atoms with E-state index in [0.717, 1.165) is 77.0 Å². The zero-order valence-electron chi connectivity index (χ0n) is 42.0. The summed E-state index contributed by atoms with van der Waals surface area (Å²) < 4.78 is 5.93. The van der Waals surface area contributed by atoms with Gasteiger partial charge in [0.05, 0.1) is 25.2 Å². The number of amides is 1. The molecule has 0 heterocycles. The van der Waals surface area contributed by atoms with Gasteiger partial charge in [-0.15, -0.1) is 0 Å². The molecule has 3 N–H and O–H groups in total. The van der Waals surface area contributed by atoms with E-state index < -0.39 is 18.2 Å². The predicted molar refractivity (Wildman–Crippen MR) is 273 cm³/mol. The molecule has 6 nitrogen and oxygen atoms in total. The van der Waals surface area contributed by atoms with E-state index in [9.17, 15) is 19.8 Å². The monoisotopic (exact) mass is 884 g/mol. The summed E-state index contributed by atoms with van der Waals surface area (Å²) in [4.78, 5) is 26.2. The van der Waals surface area contributed by atoms with Gasteiger partial charge in [0.15, 0.2) is 0 Å². The minimum atomic E-state index is -0.798. The van der Waals surface area contributed by atoms with Crippen LogP contribution in [0.25, 0.3) is 0 Å². The average molecular weight is 884 g/mol. The summed E-state index contributed by atoms with van der Waals surface area (Å²) in [5, 5.41) is 23.8. The van der Waals surface area contributed by atoms with E-state index in [0.29, 0.717) is 19.3 Å². The molecule has 0 rings (SSSR count). The van der Waals surface area contributed by atoms with Gasteiger partial charge in [0, 0.05) is 6.42 Å². The van der Waals surface area contributed by atoms with Crippen LogP contribution in [0, 0.1) is 0 Å². The van der Waals surface area contributed by atoms with E-state index in [1.54, 1.807) is 0 Å². The molecule has 0 aliphatic rings. The summed E-state index contributed by atoms with van der Waals surface area (Å²) in [7, 11) is 0. The van der Waals surface area contributed by atoms with Crippen LogP contribution in [-0.4, -0.2) is 46.9 Å². The Labute approximate surface area is 391 Å². The van der Waals surface area contributed by atoms with E-state index in [4.69, 9.17) is 4.74 Å². The van der Waals surface area contributed by atoms with Crippen molar-refractivity contribution in [3.63, 3.8) is 0 Å². The highest BCUT2D eigenvalue weighted by Gasteiger charge is 2.24. The molecule has 0 aromatic rings. The fraction of sp³-hybridized carbons (Fsp3) is 0.825. The number of hydrogen-bond donors (Lipinski definition) is 3. The maximum Gasteiger partial charge on any atom is 0.306 e. The van der Waals surface area contributed by atoms with Crippen LogP contribution in [0.1, 0.15) is 278 Å². The molecule has 3 atom stereocenters. The summed E-state index contributed by atoms with van der Waals surface area (Å²) in [6.07, 6.45) is 61.7. The third-order valence-corrected chi connectivity index (χ3v) is 12.4. The second kappa shape index (κ2) is 50.8. The lowest BCUT2D eigenvalue weighted by Gasteiger charge is -2.24. The normalized spacial score (nSPS) is 13.5. The molecule has 368 valence electrons. The number of allylic oxidation sites excluding steroid dienone is 8. The molecule has 0 saturated heterocycles. The third kappa shape index (κ3) is 46.2. The smallest absolute Gasteiger partial charge is 0.306 e. The lowest BCUT2D eigenvalue weighted by molar-refractivity contribution is -0.151. The van der Waals surface area contributed by atoms with Gasteiger partial charge in [-0.2, -0.15) is 0 Å². The number of unbranched alkanes of at least 4 members (excludes halogenated alkanes) is 31. The molecule has 3 unspecified atom stereocenters. The van der Waals surface area contributed by atoms with Crippen LogP contribution in [0.4, 0.5) is 0 Å². The molecule has 0 aliphatic carbocycles. The van der Waals surface area contributed by atoms with Gasteiger partial charge in [-0.05, 0) is 77.0 Å². The molecule has 0 radical (unpaired) electrons. The Morgan fingerprint density at radius 1 is 0.460 bits per heavy atom. The van der Waals surface area contributed by atoms with Gasteiger partial charge in [-0.1, -0.05) is 236 Å². The van der Waals surface area contributed by atoms with Crippen LogP contribution in [0.15, 0.2) is 48.6 Å². The lowest BCUT2D eigenvalue weighted by atomic mass is 10.0. The Balaban J connectivity index is 4.65. The van der Waals surface area contributed by atoms with Crippen molar-refractivity contribution in [2.24, 2.45) is 0 Å². The fourth-order valence-electron chi connectivity index (χ4n) is 8.25. The first kappa shape index (κ1) is 60.8. The Bertz CT molecular complexity index is 1080. The van der Waals surface area contributed by atoms with Crippen molar-refractivity contribution >= 4 is 11.9 Å².